The Hall–Kier alpha value is -1.39. The van der Waals surface area contributed by atoms with Gasteiger partial charge < -0.3 is 19.2 Å². The molecule has 21 heavy (non-hydrogen) atoms. The number of fused-ring (bicyclic) bond motifs is 3. The number of hydrogen-bond acceptors (Lipinski definition) is 4. The molecule has 2 aromatic rings. The number of alkyl halides is 1. The van der Waals surface area contributed by atoms with E-state index < -0.39 is 8.60 Å². The molecule has 0 fully saturated rings. The minimum absolute atomic E-state index is 0.0515. The van der Waals surface area contributed by atoms with Crippen molar-refractivity contribution in [3.63, 3.8) is 0 Å². The molecule has 0 bridgehead atoms. The first-order chi connectivity index (χ1) is 10.2. The molecule has 0 aromatic heterocycles. The number of carbonyl (C=O) groups is 1. The van der Waals surface area contributed by atoms with E-state index in [-0.39, 0.29) is 5.92 Å². The van der Waals surface area contributed by atoms with E-state index in [1.807, 2.05) is 24.3 Å². The van der Waals surface area contributed by atoms with Crippen LogP contribution in [-0.4, -0.2) is 28.6 Å². The number of nitrogens with zero attached hydrogens (tertiary/aromatic N) is 1. The van der Waals surface area contributed by atoms with Crippen LogP contribution < -0.4 is 9.42 Å². The molecular weight excluding hydrogens is 313 g/mol. The second kappa shape index (κ2) is 5.78. The predicted molar refractivity (Wildman–Crippen MR) is 82.8 cm³/mol. The first kappa shape index (κ1) is 14.5. The lowest BCUT2D eigenvalue weighted by Gasteiger charge is -2.15. The Bertz CT molecular complexity index is 694. The first-order valence-corrected chi connectivity index (χ1v) is 8.05. The third-order valence-electron chi connectivity index (χ3n) is 3.65. The molecule has 1 aliphatic rings. The molecule has 110 valence electrons. The maximum atomic E-state index is 11.2. The van der Waals surface area contributed by atoms with E-state index in [1.165, 1.54) is 0 Å². The summed E-state index contributed by atoms with van der Waals surface area (Å²) in [5.74, 6) is 0.812. The van der Waals surface area contributed by atoms with Crippen molar-refractivity contribution < 1.29 is 19.1 Å². The number of benzene rings is 2. The predicted octanol–water partition coefficient (Wildman–Crippen LogP) is 2.73. The first-order valence-electron chi connectivity index (χ1n) is 6.35. The van der Waals surface area contributed by atoms with Crippen molar-refractivity contribution in [2.24, 2.45) is 0 Å². The van der Waals surface area contributed by atoms with Crippen LogP contribution in [0.5, 0.6) is 5.75 Å². The largest absolute Gasteiger partial charge is 0.426 e. The average molecular weight is 326 g/mol. The van der Waals surface area contributed by atoms with Gasteiger partial charge in [-0.15, -0.1) is 11.6 Å². The number of amides is 1. The molecule has 0 aliphatic carbocycles. The van der Waals surface area contributed by atoms with Crippen molar-refractivity contribution in [1.82, 2.24) is 0 Å². The summed E-state index contributed by atoms with van der Waals surface area (Å²) < 4.78 is 5.11. The highest BCUT2D eigenvalue weighted by atomic mass is 35.5. The number of halogens is 1. The van der Waals surface area contributed by atoms with Gasteiger partial charge in [0.2, 0.25) is 6.41 Å². The van der Waals surface area contributed by atoms with Gasteiger partial charge in [-0.2, -0.15) is 0 Å². The molecule has 7 heteroatoms. The number of carbonyl (C=O) groups excluding carboxylic acids is 1. The summed E-state index contributed by atoms with van der Waals surface area (Å²) in [7, 11) is -2.52. The SMILES string of the molecule is O=CN1CC(CCl)c2c1cc(OP(O)O)c1ccccc21. The van der Waals surface area contributed by atoms with Crippen LogP contribution in [-0.2, 0) is 4.79 Å². The Morgan fingerprint density at radius 2 is 2.10 bits per heavy atom. The lowest BCUT2D eigenvalue weighted by molar-refractivity contribution is -0.107. The summed E-state index contributed by atoms with van der Waals surface area (Å²) in [6.45, 7) is 0.517. The monoisotopic (exact) mass is 325 g/mol. The van der Waals surface area contributed by atoms with Gasteiger partial charge in [-0.1, -0.05) is 24.3 Å². The van der Waals surface area contributed by atoms with Crippen LogP contribution >= 0.6 is 20.2 Å². The standard InChI is InChI=1S/C14H13ClNO4P/c15-6-9-7-16(8-17)12-5-13(20-21(18)19)10-3-1-2-4-11(10)14(9)12/h1-5,8-9,18-19H,6-7H2. The second-order valence-electron chi connectivity index (χ2n) is 4.81. The molecule has 1 amide bonds. The number of rotatable bonds is 4. The molecule has 1 atom stereocenters. The van der Waals surface area contributed by atoms with Gasteiger partial charge in [-0.3, -0.25) is 4.79 Å². The Morgan fingerprint density at radius 3 is 2.71 bits per heavy atom. The van der Waals surface area contributed by atoms with Crippen LogP contribution in [0.1, 0.15) is 11.5 Å². The Balaban J connectivity index is 2.28. The lowest BCUT2D eigenvalue weighted by Crippen LogP contribution is -2.19. The smallest absolute Gasteiger partial charge is 0.391 e. The molecule has 0 spiro atoms. The minimum Gasteiger partial charge on any atom is -0.426 e. The maximum Gasteiger partial charge on any atom is 0.391 e. The normalized spacial score (nSPS) is 17.3. The highest BCUT2D eigenvalue weighted by Gasteiger charge is 2.31. The van der Waals surface area contributed by atoms with E-state index in [0.29, 0.717) is 23.9 Å². The topological polar surface area (TPSA) is 70.0 Å². The van der Waals surface area contributed by atoms with E-state index in [2.05, 4.69) is 0 Å². The summed E-state index contributed by atoms with van der Waals surface area (Å²) in [5, 5.41) is 1.69. The van der Waals surface area contributed by atoms with Gasteiger partial charge in [0.1, 0.15) is 5.75 Å². The van der Waals surface area contributed by atoms with E-state index >= 15 is 0 Å². The highest BCUT2D eigenvalue weighted by molar-refractivity contribution is 7.39. The van der Waals surface area contributed by atoms with E-state index in [0.717, 1.165) is 22.7 Å². The fourth-order valence-corrected chi connectivity index (χ4v) is 3.41. The molecule has 2 N–H and O–H groups in total. The Morgan fingerprint density at radius 1 is 1.38 bits per heavy atom. The summed E-state index contributed by atoms with van der Waals surface area (Å²) in [4.78, 5) is 31.1. The van der Waals surface area contributed by atoms with Crippen LogP contribution in [0.4, 0.5) is 5.69 Å². The molecule has 0 saturated carbocycles. The van der Waals surface area contributed by atoms with Crippen molar-refractivity contribution in [2.45, 2.75) is 5.92 Å². The fraction of sp³-hybridized carbons (Fsp3) is 0.214. The van der Waals surface area contributed by atoms with Gasteiger partial charge in [0.15, 0.2) is 0 Å². The van der Waals surface area contributed by atoms with Gasteiger partial charge in [-0.05, 0) is 10.9 Å². The van der Waals surface area contributed by atoms with Crippen molar-refractivity contribution in [3.8, 4) is 5.75 Å². The Labute approximate surface area is 127 Å². The molecule has 1 aliphatic heterocycles. The van der Waals surface area contributed by atoms with Crippen LogP contribution in [0, 0.1) is 0 Å². The van der Waals surface area contributed by atoms with Gasteiger partial charge in [0.25, 0.3) is 0 Å². The molecule has 0 radical (unpaired) electrons. The lowest BCUT2D eigenvalue weighted by atomic mass is 9.95. The van der Waals surface area contributed by atoms with E-state index in [9.17, 15) is 4.79 Å². The molecule has 5 nitrogen and oxygen atoms in total. The van der Waals surface area contributed by atoms with Gasteiger partial charge in [-0.25, -0.2) is 0 Å². The van der Waals surface area contributed by atoms with E-state index in [4.69, 9.17) is 25.9 Å². The summed E-state index contributed by atoms with van der Waals surface area (Å²) in [6, 6.07) is 9.17. The second-order valence-corrected chi connectivity index (χ2v) is 5.80. The number of anilines is 1. The zero-order valence-corrected chi connectivity index (χ0v) is 12.6. The van der Waals surface area contributed by atoms with Gasteiger partial charge in [0.05, 0.1) is 5.69 Å². The average Bonchev–Trinajstić information content (AvgIpc) is 2.85. The van der Waals surface area contributed by atoms with Crippen molar-refractivity contribution in [3.05, 3.63) is 35.9 Å². The van der Waals surface area contributed by atoms with Crippen molar-refractivity contribution in [1.29, 1.82) is 0 Å². The third-order valence-corrected chi connectivity index (χ3v) is 4.39. The molecule has 1 heterocycles. The number of hydrogen-bond donors (Lipinski definition) is 2. The fourth-order valence-electron chi connectivity index (χ4n) is 2.83. The summed E-state index contributed by atoms with van der Waals surface area (Å²) in [6.07, 6.45) is 0.755. The third kappa shape index (κ3) is 2.47. The molecule has 0 saturated heterocycles. The van der Waals surface area contributed by atoms with Crippen molar-refractivity contribution >= 4 is 43.1 Å². The molecule has 2 aromatic carbocycles. The molecular formula is C14H13ClNO4P. The zero-order chi connectivity index (χ0) is 15.0. The zero-order valence-electron chi connectivity index (χ0n) is 10.9. The van der Waals surface area contributed by atoms with Crippen molar-refractivity contribution in [2.75, 3.05) is 17.3 Å². The van der Waals surface area contributed by atoms with Crippen LogP contribution in [0.15, 0.2) is 30.3 Å². The Kier molecular flexibility index (Phi) is 4.00. The van der Waals surface area contributed by atoms with Crippen LogP contribution in [0.2, 0.25) is 0 Å². The summed E-state index contributed by atoms with van der Waals surface area (Å²) >= 11 is 6.03. The maximum absolute atomic E-state index is 11.2. The van der Waals surface area contributed by atoms with Gasteiger partial charge in [0, 0.05) is 29.8 Å². The van der Waals surface area contributed by atoms with Crippen LogP contribution in [0.25, 0.3) is 10.8 Å². The quantitative estimate of drug-likeness (QED) is 0.515. The summed E-state index contributed by atoms with van der Waals surface area (Å²) in [5.41, 5.74) is 1.71. The molecule has 1 unspecified atom stereocenters. The minimum atomic E-state index is -2.52. The van der Waals surface area contributed by atoms with E-state index in [1.54, 1.807) is 11.0 Å². The van der Waals surface area contributed by atoms with Crippen LogP contribution in [0.3, 0.4) is 0 Å². The molecule has 3 rings (SSSR count). The highest BCUT2D eigenvalue weighted by Crippen LogP contribution is 2.46. The van der Waals surface area contributed by atoms with Gasteiger partial charge >= 0.3 is 8.60 Å².